The lowest BCUT2D eigenvalue weighted by Gasteiger charge is -2.24. The van der Waals surface area contributed by atoms with Crippen molar-refractivity contribution in [2.75, 3.05) is 6.61 Å². The molecule has 0 aliphatic carbocycles. The molecule has 12 heavy (non-hydrogen) atoms. The predicted octanol–water partition coefficient (Wildman–Crippen LogP) is 1.53. The van der Waals surface area contributed by atoms with Crippen LogP contribution in [0.3, 0.4) is 0 Å². The lowest BCUT2D eigenvalue weighted by Crippen LogP contribution is -2.24. The van der Waals surface area contributed by atoms with Crippen molar-refractivity contribution in [3.05, 3.63) is 34.9 Å². The Kier molecular flexibility index (Phi) is 1.87. The molecule has 2 rings (SSSR count). The molecular formula is C10H13NO. The van der Waals surface area contributed by atoms with Crippen LogP contribution in [0, 0.1) is 6.92 Å². The molecule has 1 aromatic rings. The van der Waals surface area contributed by atoms with E-state index in [1.54, 1.807) is 0 Å². The van der Waals surface area contributed by atoms with E-state index in [2.05, 4.69) is 25.1 Å². The Labute approximate surface area is 72.3 Å². The Morgan fingerprint density at radius 2 is 2.33 bits per heavy atom. The molecule has 0 radical (unpaired) electrons. The topological polar surface area (TPSA) is 35.2 Å². The van der Waals surface area contributed by atoms with Gasteiger partial charge in [-0.2, -0.15) is 0 Å². The molecular weight excluding hydrogens is 150 g/mol. The zero-order valence-electron chi connectivity index (χ0n) is 7.21. The van der Waals surface area contributed by atoms with E-state index in [4.69, 9.17) is 10.5 Å². The number of benzene rings is 1. The smallest absolute Gasteiger partial charge is 0.0721 e. The minimum Gasteiger partial charge on any atom is -0.375 e. The summed E-state index contributed by atoms with van der Waals surface area (Å²) in [5.41, 5.74) is 9.73. The van der Waals surface area contributed by atoms with Crippen LogP contribution in [-0.4, -0.2) is 6.61 Å². The van der Waals surface area contributed by atoms with Gasteiger partial charge in [-0.05, 0) is 23.6 Å². The Morgan fingerprint density at radius 1 is 1.50 bits per heavy atom. The molecule has 0 saturated carbocycles. The number of aryl methyl sites for hydroxylation is 1. The van der Waals surface area contributed by atoms with Crippen molar-refractivity contribution in [2.45, 2.75) is 19.6 Å². The standard InChI is InChI=1S/C10H13NO/c1-7-3-2-4-8-5-12-6-9(11)10(7)8/h2-4,9H,5-6,11H2,1H3/t9-/m1/s1. The lowest BCUT2D eigenvalue weighted by atomic mass is 9.95. The van der Waals surface area contributed by atoms with Crippen LogP contribution < -0.4 is 5.73 Å². The molecule has 1 atom stereocenters. The predicted molar refractivity (Wildman–Crippen MR) is 47.8 cm³/mol. The van der Waals surface area contributed by atoms with Gasteiger partial charge in [-0.1, -0.05) is 18.2 Å². The Hall–Kier alpha value is -0.860. The number of rotatable bonds is 0. The van der Waals surface area contributed by atoms with Gasteiger partial charge in [0.15, 0.2) is 0 Å². The molecule has 2 N–H and O–H groups in total. The number of nitrogens with two attached hydrogens (primary N) is 1. The van der Waals surface area contributed by atoms with E-state index in [1.807, 2.05) is 0 Å². The summed E-state index contributed by atoms with van der Waals surface area (Å²) in [6.45, 7) is 3.46. The van der Waals surface area contributed by atoms with E-state index in [9.17, 15) is 0 Å². The van der Waals surface area contributed by atoms with Gasteiger partial charge in [-0.3, -0.25) is 0 Å². The molecule has 0 fully saturated rings. The maximum atomic E-state index is 5.92. The van der Waals surface area contributed by atoms with Gasteiger partial charge in [0.1, 0.15) is 0 Å². The van der Waals surface area contributed by atoms with Gasteiger partial charge in [-0.25, -0.2) is 0 Å². The molecule has 2 heteroatoms. The quantitative estimate of drug-likeness (QED) is 0.629. The van der Waals surface area contributed by atoms with E-state index >= 15 is 0 Å². The number of fused-ring (bicyclic) bond motifs is 1. The molecule has 1 aromatic carbocycles. The minimum absolute atomic E-state index is 0.0648. The molecule has 0 bridgehead atoms. The molecule has 0 spiro atoms. The largest absolute Gasteiger partial charge is 0.375 e. The summed E-state index contributed by atoms with van der Waals surface area (Å²) in [7, 11) is 0. The fraction of sp³-hybridized carbons (Fsp3) is 0.400. The molecule has 0 amide bonds. The van der Waals surface area contributed by atoms with Crippen LogP contribution in [0.5, 0.6) is 0 Å². The first-order valence-electron chi connectivity index (χ1n) is 4.21. The number of hydrogen-bond donors (Lipinski definition) is 1. The zero-order chi connectivity index (χ0) is 8.55. The summed E-state index contributed by atoms with van der Waals surface area (Å²) >= 11 is 0. The summed E-state index contributed by atoms with van der Waals surface area (Å²) < 4.78 is 5.34. The summed E-state index contributed by atoms with van der Waals surface area (Å²) in [5, 5.41) is 0. The third-order valence-electron chi connectivity index (χ3n) is 2.34. The lowest BCUT2D eigenvalue weighted by molar-refractivity contribution is 0.0921. The molecule has 1 aliphatic heterocycles. The monoisotopic (exact) mass is 163 g/mol. The third kappa shape index (κ3) is 1.13. The maximum absolute atomic E-state index is 5.92. The SMILES string of the molecule is Cc1cccc2c1[C@H](N)COC2. The van der Waals surface area contributed by atoms with Crippen molar-refractivity contribution in [1.82, 2.24) is 0 Å². The summed E-state index contributed by atoms with van der Waals surface area (Å²) in [4.78, 5) is 0. The van der Waals surface area contributed by atoms with Gasteiger partial charge in [0, 0.05) is 0 Å². The molecule has 1 heterocycles. The fourth-order valence-electron chi connectivity index (χ4n) is 1.78. The van der Waals surface area contributed by atoms with Crippen LogP contribution in [0.15, 0.2) is 18.2 Å². The molecule has 64 valence electrons. The van der Waals surface area contributed by atoms with Crippen LogP contribution in [0.2, 0.25) is 0 Å². The van der Waals surface area contributed by atoms with Crippen molar-refractivity contribution in [3.8, 4) is 0 Å². The van der Waals surface area contributed by atoms with Gasteiger partial charge < -0.3 is 10.5 Å². The highest BCUT2D eigenvalue weighted by Crippen LogP contribution is 2.25. The highest BCUT2D eigenvalue weighted by atomic mass is 16.5. The van der Waals surface area contributed by atoms with Crippen LogP contribution >= 0.6 is 0 Å². The highest BCUT2D eigenvalue weighted by molar-refractivity contribution is 5.37. The molecule has 0 saturated heterocycles. The van der Waals surface area contributed by atoms with Crippen molar-refractivity contribution in [2.24, 2.45) is 5.73 Å². The Bertz CT molecular complexity index is 296. The van der Waals surface area contributed by atoms with Gasteiger partial charge >= 0.3 is 0 Å². The number of ether oxygens (including phenoxy) is 1. The van der Waals surface area contributed by atoms with Crippen molar-refractivity contribution < 1.29 is 4.74 Å². The van der Waals surface area contributed by atoms with Crippen LogP contribution in [0.4, 0.5) is 0 Å². The molecule has 0 aromatic heterocycles. The molecule has 0 unspecified atom stereocenters. The summed E-state index contributed by atoms with van der Waals surface area (Å²) in [5.74, 6) is 0. The Balaban J connectivity index is 2.53. The highest BCUT2D eigenvalue weighted by Gasteiger charge is 2.18. The zero-order valence-corrected chi connectivity index (χ0v) is 7.21. The van der Waals surface area contributed by atoms with Gasteiger partial charge in [0.25, 0.3) is 0 Å². The van der Waals surface area contributed by atoms with Crippen molar-refractivity contribution >= 4 is 0 Å². The normalized spacial score (nSPS) is 22.0. The maximum Gasteiger partial charge on any atom is 0.0721 e. The minimum atomic E-state index is 0.0648. The van der Waals surface area contributed by atoms with E-state index < -0.39 is 0 Å². The van der Waals surface area contributed by atoms with E-state index in [0.29, 0.717) is 13.2 Å². The van der Waals surface area contributed by atoms with Crippen LogP contribution in [0.25, 0.3) is 0 Å². The average Bonchev–Trinajstić information content (AvgIpc) is 2.04. The second-order valence-electron chi connectivity index (χ2n) is 3.27. The third-order valence-corrected chi connectivity index (χ3v) is 2.34. The van der Waals surface area contributed by atoms with Crippen LogP contribution in [0.1, 0.15) is 22.7 Å². The van der Waals surface area contributed by atoms with Gasteiger partial charge in [0.2, 0.25) is 0 Å². The Morgan fingerprint density at radius 3 is 3.08 bits per heavy atom. The van der Waals surface area contributed by atoms with E-state index in [1.165, 1.54) is 16.7 Å². The molecule has 1 aliphatic rings. The molecule has 2 nitrogen and oxygen atoms in total. The first-order valence-corrected chi connectivity index (χ1v) is 4.21. The second kappa shape index (κ2) is 2.88. The second-order valence-corrected chi connectivity index (χ2v) is 3.27. The van der Waals surface area contributed by atoms with E-state index in [-0.39, 0.29) is 6.04 Å². The van der Waals surface area contributed by atoms with Gasteiger partial charge in [-0.15, -0.1) is 0 Å². The van der Waals surface area contributed by atoms with Crippen molar-refractivity contribution in [1.29, 1.82) is 0 Å². The van der Waals surface area contributed by atoms with Crippen LogP contribution in [-0.2, 0) is 11.3 Å². The average molecular weight is 163 g/mol. The van der Waals surface area contributed by atoms with Crippen molar-refractivity contribution in [3.63, 3.8) is 0 Å². The van der Waals surface area contributed by atoms with E-state index in [0.717, 1.165) is 0 Å². The van der Waals surface area contributed by atoms with Gasteiger partial charge in [0.05, 0.1) is 19.3 Å². The summed E-state index contributed by atoms with van der Waals surface area (Å²) in [6.07, 6.45) is 0. The first kappa shape index (κ1) is 7.77. The first-order chi connectivity index (χ1) is 5.79. The fourth-order valence-corrected chi connectivity index (χ4v) is 1.78. The summed E-state index contributed by atoms with van der Waals surface area (Å²) in [6, 6.07) is 6.30. The number of hydrogen-bond acceptors (Lipinski definition) is 2.